The minimum atomic E-state index is -4.63. The third-order valence-electron chi connectivity index (χ3n) is 10.1. The van der Waals surface area contributed by atoms with Crippen molar-refractivity contribution in [3.8, 4) is 46.5 Å². The van der Waals surface area contributed by atoms with Gasteiger partial charge in [0.15, 0.2) is 12.2 Å². The lowest BCUT2D eigenvalue weighted by atomic mass is 10.1. The van der Waals surface area contributed by atoms with Gasteiger partial charge in [-0.25, -0.2) is 0 Å². The molecule has 18 heteroatoms. The highest BCUT2D eigenvalue weighted by molar-refractivity contribution is 5.92. The lowest BCUT2D eigenvalue weighted by Gasteiger charge is -2.12. The van der Waals surface area contributed by atoms with E-state index < -0.39 is 58.6 Å². The van der Waals surface area contributed by atoms with Crippen LogP contribution in [0.25, 0.3) is 33.2 Å². The third kappa shape index (κ3) is 9.50. The van der Waals surface area contributed by atoms with E-state index in [9.17, 15) is 46.1 Å². The number of aliphatic hydroxyl groups is 2. The van der Waals surface area contributed by atoms with Gasteiger partial charge in [0.05, 0.1) is 45.4 Å². The Kier molecular flexibility index (Phi) is 12.6. The standard InChI is InChI=1S/2C24H16F3N3O3/c2*25-24(26,27)20-10-9-17(11-14(20)12-28)33-16-7-5-15(6-8-16)30-13-19(22(31)23(29)32)18-3-1-2-4-21(18)30/h2*1-11,13,22,31H,(H2,29,32)/t2*22-/m10/s1. The number of fused-ring (bicyclic) bond motifs is 2. The quantitative estimate of drug-likeness (QED) is 0.0971. The van der Waals surface area contributed by atoms with Gasteiger partial charge in [-0.1, -0.05) is 36.4 Å². The molecule has 6 N–H and O–H groups in total. The first-order valence-corrected chi connectivity index (χ1v) is 19.3. The van der Waals surface area contributed by atoms with Crippen LogP contribution < -0.4 is 20.9 Å². The molecule has 0 aliphatic rings. The predicted molar refractivity (Wildman–Crippen MR) is 227 cm³/mol. The number of benzene rings is 6. The van der Waals surface area contributed by atoms with Crippen molar-refractivity contribution in [2.24, 2.45) is 11.5 Å². The molecule has 0 bridgehead atoms. The van der Waals surface area contributed by atoms with Crippen molar-refractivity contribution < 1.29 is 55.6 Å². The number of halogens is 6. The summed E-state index contributed by atoms with van der Waals surface area (Å²) in [6.45, 7) is 0. The first-order chi connectivity index (χ1) is 31.4. The lowest BCUT2D eigenvalue weighted by Crippen LogP contribution is -2.20. The minimum absolute atomic E-state index is 0.0885. The third-order valence-corrected chi connectivity index (χ3v) is 10.1. The molecule has 2 atom stereocenters. The minimum Gasteiger partial charge on any atom is -0.457 e. The molecule has 0 aliphatic carbocycles. The van der Waals surface area contributed by atoms with Gasteiger partial charge in [0.1, 0.15) is 23.0 Å². The number of nitrogens with two attached hydrogens (primary N) is 2. The maximum atomic E-state index is 13.0. The largest absolute Gasteiger partial charge is 0.457 e. The zero-order valence-corrected chi connectivity index (χ0v) is 33.7. The van der Waals surface area contributed by atoms with Gasteiger partial charge in [-0.05, 0) is 97.1 Å². The zero-order chi connectivity index (χ0) is 47.5. The van der Waals surface area contributed by atoms with Crippen LogP contribution >= 0.6 is 0 Å². The summed E-state index contributed by atoms with van der Waals surface area (Å²) in [6.07, 6.45) is -8.96. The maximum absolute atomic E-state index is 13.0. The Morgan fingerprint density at radius 3 is 1.18 bits per heavy atom. The van der Waals surface area contributed by atoms with Gasteiger partial charge in [0.25, 0.3) is 11.8 Å². The van der Waals surface area contributed by atoms with Crippen LogP contribution in [-0.4, -0.2) is 31.2 Å². The molecule has 8 rings (SSSR count). The molecule has 0 saturated carbocycles. The van der Waals surface area contributed by atoms with Crippen molar-refractivity contribution in [1.82, 2.24) is 9.13 Å². The molecule has 0 unspecified atom stereocenters. The van der Waals surface area contributed by atoms with Crippen LogP contribution in [0.5, 0.6) is 23.0 Å². The summed E-state index contributed by atoms with van der Waals surface area (Å²) in [5.74, 6) is -0.867. The van der Waals surface area contributed by atoms with Crippen LogP contribution in [0.1, 0.15) is 45.6 Å². The molecule has 2 amide bonds. The molecule has 0 fully saturated rings. The van der Waals surface area contributed by atoms with E-state index in [1.807, 2.05) is 24.3 Å². The molecule has 6 aromatic carbocycles. The fraction of sp³-hybridized carbons (Fsp3) is 0.0833. The number of para-hydroxylation sites is 2. The fourth-order valence-corrected chi connectivity index (χ4v) is 7.06. The SMILES string of the molecule is N#Cc1cc(Oc2ccc(-n3cc([C@@H](O)C(N)=O)c4ccccc43)cc2)ccc1C(F)(F)F.N#Cc1cc(Oc2ccc(-n3cc([C@H](O)C(N)=O)c4ccccc43)cc2)ccc1C(F)(F)F. The number of nitrogens with zero attached hydrogens (tertiary/aromatic N) is 4. The van der Waals surface area contributed by atoms with Crippen molar-refractivity contribution >= 4 is 33.6 Å². The Labute approximate surface area is 369 Å². The van der Waals surface area contributed by atoms with Crippen LogP contribution in [0.2, 0.25) is 0 Å². The van der Waals surface area contributed by atoms with Crippen LogP contribution in [-0.2, 0) is 21.9 Å². The Balaban J connectivity index is 0.000000196. The summed E-state index contributed by atoms with van der Waals surface area (Å²) in [6, 6.07) is 36.7. The van der Waals surface area contributed by atoms with Gasteiger partial charge in [-0.15, -0.1) is 0 Å². The summed E-state index contributed by atoms with van der Waals surface area (Å²) in [5, 5.41) is 39.8. The van der Waals surface area contributed by atoms with E-state index in [4.69, 9.17) is 31.5 Å². The van der Waals surface area contributed by atoms with Crippen LogP contribution in [0.3, 0.4) is 0 Å². The summed E-state index contributed by atoms with van der Waals surface area (Å²) in [7, 11) is 0. The molecule has 0 radical (unpaired) electrons. The molecule has 0 spiro atoms. The zero-order valence-electron chi connectivity index (χ0n) is 33.7. The Morgan fingerprint density at radius 1 is 0.530 bits per heavy atom. The van der Waals surface area contributed by atoms with E-state index in [0.717, 1.165) is 47.4 Å². The summed E-state index contributed by atoms with van der Waals surface area (Å²) >= 11 is 0. The molecule has 332 valence electrons. The van der Waals surface area contributed by atoms with Crippen LogP contribution in [0.15, 0.2) is 146 Å². The molecule has 66 heavy (non-hydrogen) atoms. The second kappa shape index (κ2) is 18.3. The summed E-state index contributed by atoms with van der Waals surface area (Å²) in [4.78, 5) is 23.0. The number of alkyl halides is 6. The van der Waals surface area contributed by atoms with E-state index in [0.29, 0.717) is 44.8 Å². The number of hydrogen-bond acceptors (Lipinski definition) is 8. The Bertz CT molecular complexity index is 2990. The normalized spacial score (nSPS) is 12.3. The van der Waals surface area contributed by atoms with Crippen molar-refractivity contribution in [2.45, 2.75) is 24.6 Å². The van der Waals surface area contributed by atoms with Gasteiger partial charge < -0.3 is 40.3 Å². The van der Waals surface area contributed by atoms with Gasteiger partial charge >= 0.3 is 12.4 Å². The van der Waals surface area contributed by atoms with E-state index in [2.05, 4.69) is 0 Å². The summed E-state index contributed by atoms with van der Waals surface area (Å²) < 4.78 is 92.6. The maximum Gasteiger partial charge on any atom is 0.417 e. The van der Waals surface area contributed by atoms with Crippen LogP contribution in [0, 0.1) is 22.7 Å². The molecule has 2 aromatic heterocycles. The smallest absolute Gasteiger partial charge is 0.417 e. The summed E-state index contributed by atoms with van der Waals surface area (Å²) in [5.41, 5.74) is 11.0. The van der Waals surface area contributed by atoms with Gasteiger partial charge in [-0.3, -0.25) is 9.59 Å². The molecule has 2 heterocycles. The van der Waals surface area contributed by atoms with E-state index in [1.54, 1.807) is 94.3 Å². The molecular weight excluding hydrogens is 871 g/mol. The number of rotatable bonds is 10. The Morgan fingerprint density at radius 2 is 0.864 bits per heavy atom. The predicted octanol–water partition coefficient (Wildman–Crippen LogP) is 9.66. The number of primary amides is 2. The second-order valence-electron chi connectivity index (χ2n) is 14.4. The number of carbonyl (C=O) groups excluding carboxylic acids is 2. The van der Waals surface area contributed by atoms with Crippen molar-refractivity contribution in [3.05, 3.63) is 179 Å². The highest BCUT2D eigenvalue weighted by Gasteiger charge is 2.35. The number of ether oxygens (including phenoxy) is 2. The highest BCUT2D eigenvalue weighted by Crippen LogP contribution is 2.37. The molecule has 12 nitrogen and oxygen atoms in total. The number of carbonyl (C=O) groups is 2. The number of amides is 2. The van der Waals surface area contributed by atoms with Crippen molar-refractivity contribution in [1.29, 1.82) is 10.5 Å². The monoisotopic (exact) mass is 902 g/mol. The van der Waals surface area contributed by atoms with Crippen LogP contribution in [0.4, 0.5) is 26.3 Å². The molecule has 8 aromatic rings. The number of hydrogen-bond donors (Lipinski definition) is 4. The first kappa shape index (κ1) is 45.4. The number of aliphatic hydroxyl groups excluding tert-OH is 2. The first-order valence-electron chi connectivity index (χ1n) is 19.3. The number of nitriles is 2. The van der Waals surface area contributed by atoms with Gasteiger partial charge in [0.2, 0.25) is 0 Å². The highest BCUT2D eigenvalue weighted by atomic mass is 19.4. The van der Waals surface area contributed by atoms with E-state index in [1.165, 1.54) is 12.1 Å². The average molecular weight is 903 g/mol. The second-order valence-corrected chi connectivity index (χ2v) is 14.4. The van der Waals surface area contributed by atoms with Gasteiger partial charge in [0, 0.05) is 45.7 Å². The molecule has 0 saturated heterocycles. The molecular formula is C48H32F6N6O6. The molecule has 0 aliphatic heterocycles. The van der Waals surface area contributed by atoms with E-state index in [-0.39, 0.29) is 11.5 Å². The topological polar surface area (TPSA) is 203 Å². The van der Waals surface area contributed by atoms with Gasteiger partial charge in [-0.2, -0.15) is 36.9 Å². The van der Waals surface area contributed by atoms with E-state index >= 15 is 0 Å². The van der Waals surface area contributed by atoms with Crippen molar-refractivity contribution in [3.63, 3.8) is 0 Å². The average Bonchev–Trinajstić information content (AvgIpc) is 3.88. The lowest BCUT2D eigenvalue weighted by molar-refractivity contribution is -0.138. The van der Waals surface area contributed by atoms with Crippen molar-refractivity contribution in [2.75, 3.05) is 0 Å². The fourth-order valence-electron chi connectivity index (χ4n) is 7.06. The number of aromatic nitrogens is 2. The Hall–Kier alpha value is -8.58.